The van der Waals surface area contributed by atoms with Crippen LogP contribution in [0.2, 0.25) is 0 Å². The van der Waals surface area contributed by atoms with Gasteiger partial charge < -0.3 is 10.5 Å². The maximum absolute atomic E-state index is 13.5. The van der Waals surface area contributed by atoms with Crippen LogP contribution in [0.15, 0.2) is 41.6 Å². The van der Waals surface area contributed by atoms with Crippen molar-refractivity contribution in [1.29, 1.82) is 0 Å². The summed E-state index contributed by atoms with van der Waals surface area (Å²) in [5.41, 5.74) is 4.92. The second-order valence-electron chi connectivity index (χ2n) is 6.02. The minimum absolute atomic E-state index is 0.0351. The zero-order valence-electron chi connectivity index (χ0n) is 13.9. The Balaban J connectivity index is 1.65. The third-order valence-electron chi connectivity index (χ3n) is 4.03. The van der Waals surface area contributed by atoms with Gasteiger partial charge in [-0.2, -0.15) is 0 Å². The van der Waals surface area contributed by atoms with Gasteiger partial charge in [0, 0.05) is 5.75 Å². The van der Waals surface area contributed by atoms with Crippen LogP contribution in [-0.4, -0.2) is 37.5 Å². The van der Waals surface area contributed by atoms with Gasteiger partial charge in [-0.3, -0.25) is 4.52 Å². The molecule has 0 atom stereocenters. The summed E-state index contributed by atoms with van der Waals surface area (Å²) in [6.45, 7) is 0. The highest BCUT2D eigenvalue weighted by molar-refractivity contribution is 9.10. The minimum Gasteiger partial charge on any atom is -0.442 e. The third kappa shape index (κ3) is 3.54. The first-order valence-corrected chi connectivity index (χ1v) is 9.65. The molecule has 13 heteroatoms. The van der Waals surface area contributed by atoms with Crippen molar-refractivity contribution in [2.75, 3.05) is 5.75 Å². The summed E-state index contributed by atoms with van der Waals surface area (Å²) in [7, 11) is 0. The number of nitrogens with zero attached hydrogens (tertiary/aromatic N) is 4. The highest BCUT2D eigenvalue weighted by Gasteiger charge is 2.47. The molecule has 0 radical (unpaired) electrons. The van der Waals surface area contributed by atoms with E-state index < -0.39 is 23.3 Å². The molecule has 2 N–H and O–H groups in total. The molecule has 0 saturated heterocycles. The van der Waals surface area contributed by atoms with Crippen LogP contribution in [0.25, 0.3) is 17.2 Å². The molecule has 4 rings (SSSR count). The van der Waals surface area contributed by atoms with E-state index in [2.05, 4.69) is 31.4 Å². The molecule has 146 valence electrons. The van der Waals surface area contributed by atoms with Crippen molar-refractivity contribution in [2.45, 2.75) is 23.5 Å². The number of thioether (sulfide) groups is 1. The van der Waals surface area contributed by atoms with Gasteiger partial charge in [0.2, 0.25) is 5.82 Å². The maximum Gasteiger partial charge on any atom is 0.446 e. The number of halogens is 2. The lowest BCUT2D eigenvalue weighted by Gasteiger charge is -2.13. The fourth-order valence-corrected chi connectivity index (χ4v) is 3.96. The highest BCUT2D eigenvalue weighted by atomic mass is 79.9. The van der Waals surface area contributed by atoms with Gasteiger partial charge >= 0.3 is 11.8 Å². The molecule has 1 aliphatic carbocycles. The van der Waals surface area contributed by atoms with E-state index in [0.29, 0.717) is 29.3 Å². The lowest BCUT2D eigenvalue weighted by atomic mass is 10.3. The van der Waals surface area contributed by atoms with Crippen molar-refractivity contribution in [3.05, 3.63) is 39.0 Å². The van der Waals surface area contributed by atoms with E-state index in [1.165, 1.54) is 30.0 Å². The topological polar surface area (TPSA) is 139 Å². The Labute approximate surface area is 168 Å². The fourth-order valence-electron chi connectivity index (χ4n) is 2.49. The van der Waals surface area contributed by atoms with E-state index in [-0.39, 0.29) is 16.0 Å². The lowest BCUT2D eigenvalue weighted by molar-refractivity contribution is 0.105. The van der Waals surface area contributed by atoms with Crippen molar-refractivity contribution >= 4 is 33.8 Å². The molecule has 10 nitrogen and oxygen atoms in total. The van der Waals surface area contributed by atoms with E-state index in [4.69, 9.17) is 19.6 Å². The van der Waals surface area contributed by atoms with Crippen molar-refractivity contribution in [3.8, 4) is 17.2 Å². The Bertz CT molecular complexity index is 1110. The minimum atomic E-state index is -0.844. The Morgan fingerprint density at radius 1 is 1.39 bits per heavy atom. The Hall–Kier alpha value is -2.67. The van der Waals surface area contributed by atoms with Crippen LogP contribution in [0.4, 0.5) is 9.18 Å². The summed E-state index contributed by atoms with van der Waals surface area (Å²) in [6.07, 6.45) is 0.521. The molecule has 1 amide bonds. The molecule has 0 unspecified atom stereocenters. The van der Waals surface area contributed by atoms with E-state index in [9.17, 15) is 14.0 Å². The van der Waals surface area contributed by atoms with Gasteiger partial charge in [-0.1, -0.05) is 16.9 Å². The number of hydrogen-bond donors (Lipinski definition) is 1. The number of nitrogens with two attached hydrogens (primary N) is 1. The van der Waals surface area contributed by atoms with Gasteiger partial charge in [0.1, 0.15) is 11.4 Å². The second-order valence-corrected chi connectivity index (χ2v) is 7.84. The Morgan fingerprint density at radius 3 is 2.86 bits per heavy atom. The van der Waals surface area contributed by atoms with E-state index in [0.717, 1.165) is 4.57 Å². The number of aromatic nitrogens is 4. The van der Waals surface area contributed by atoms with Gasteiger partial charge in [-0.15, -0.1) is 0 Å². The molecule has 3 aromatic rings. The number of rotatable bonds is 6. The zero-order chi connectivity index (χ0) is 19.9. The molecule has 1 aliphatic rings. The average Bonchev–Trinajstić information content (AvgIpc) is 3.07. The van der Waals surface area contributed by atoms with Gasteiger partial charge in [0.15, 0.2) is 10.7 Å². The molecular formula is C15H11BrFN5O5S. The SMILES string of the molecule is NC(=O)OC1(CSc2nonc2-c2noc(=O)n2-c2ccc(F)c(Br)c2)CC1. The molecule has 0 aliphatic heterocycles. The summed E-state index contributed by atoms with van der Waals surface area (Å²) in [5.74, 6) is -0.865. The van der Waals surface area contributed by atoms with Crippen LogP contribution in [0, 0.1) is 5.82 Å². The van der Waals surface area contributed by atoms with Crippen LogP contribution in [0.3, 0.4) is 0 Å². The normalized spacial score (nSPS) is 14.8. The number of carbonyl (C=O) groups excluding carboxylic acids is 1. The zero-order valence-corrected chi connectivity index (χ0v) is 16.3. The summed E-state index contributed by atoms with van der Waals surface area (Å²) in [5, 5.41) is 11.7. The lowest BCUT2D eigenvalue weighted by Crippen LogP contribution is -2.26. The van der Waals surface area contributed by atoms with Crippen LogP contribution in [0.5, 0.6) is 0 Å². The molecule has 1 saturated carbocycles. The first-order chi connectivity index (χ1) is 13.4. The van der Waals surface area contributed by atoms with Gasteiger partial charge in [-0.25, -0.2) is 23.2 Å². The quantitative estimate of drug-likeness (QED) is 0.536. The van der Waals surface area contributed by atoms with Crippen molar-refractivity contribution in [2.24, 2.45) is 5.73 Å². The first kappa shape index (κ1) is 18.7. The molecule has 28 heavy (non-hydrogen) atoms. The van der Waals surface area contributed by atoms with E-state index >= 15 is 0 Å². The summed E-state index contributed by atoms with van der Waals surface area (Å²) in [4.78, 5) is 23.2. The Kier molecular flexibility index (Phi) is 4.71. The molecule has 0 bridgehead atoms. The standard InChI is InChI=1S/C15H11BrFN5O5S/c16-8-5-7(1-2-9(8)17)22-11(20-26-14(22)24)10-12(21-27-19-10)28-6-15(3-4-15)25-13(18)23/h1-2,5H,3-4,6H2,(H2,18,23). The maximum atomic E-state index is 13.5. The van der Waals surface area contributed by atoms with Crippen molar-refractivity contribution in [3.63, 3.8) is 0 Å². The van der Waals surface area contributed by atoms with E-state index in [1.807, 2.05) is 0 Å². The monoisotopic (exact) mass is 471 g/mol. The number of ether oxygens (including phenoxy) is 1. The fraction of sp³-hybridized carbons (Fsp3) is 0.267. The van der Waals surface area contributed by atoms with Crippen LogP contribution < -0.4 is 11.5 Å². The van der Waals surface area contributed by atoms with Crippen LogP contribution in [-0.2, 0) is 4.74 Å². The predicted molar refractivity (Wildman–Crippen MR) is 96.4 cm³/mol. The van der Waals surface area contributed by atoms with Crippen molar-refractivity contribution in [1.82, 2.24) is 20.0 Å². The van der Waals surface area contributed by atoms with Gasteiger partial charge in [0.25, 0.3) is 0 Å². The summed E-state index contributed by atoms with van der Waals surface area (Å²) < 4.78 is 29.5. The predicted octanol–water partition coefficient (Wildman–Crippen LogP) is 2.50. The average molecular weight is 472 g/mol. The number of benzene rings is 1. The molecule has 1 fully saturated rings. The molecule has 0 spiro atoms. The molecular weight excluding hydrogens is 461 g/mol. The largest absolute Gasteiger partial charge is 0.446 e. The smallest absolute Gasteiger partial charge is 0.442 e. The van der Waals surface area contributed by atoms with Gasteiger partial charge in [0.05, 0.1) is 10.2 Å². The number of primary amides is 1. The molecule has 1 aromatic carbocycles. The first-order valence-electron chi connectivity index (χ1n) is 7.87. The van der Waals surface area contributed by atoms with Crippen LogP contribution >= 0.6 is 27.7 Å². The molecule has 2 heterocycles. The number of carbonyl (C=O) groups is 1. The summed E-state index contributed by atoms with van der Waals surface area (Å²) in [6, 6.07) is 3.98. The molecule has 2 aromatic heterocycles. The van der Waals surface area contributed by atoms with Crippen LogP contribution in [0.1, 0.15) is 12.8 Å². The third-order valence-corrected chi connectivity index (χ3v) is 5.85. The Morgan fingerprint density at radius 2 is 2.18 bits per heavy atom. The van der Waals surface area contributed by atoms with Gasteiger partial charge in [-0.05, 0) is 57.3 Å². The van der Waals surface area contributed by atoms with Crippen molar-refractivity contribution < 1.29 is 23.1 Å². The number of amides is 1. The summed E-state index contributed by atoms with van der Waals surface area (Å²) >= 11 is 4.29. The highest BCUT2D eigenvalue weighted by Crippen LogP contribution is 2.44. The second kappa shape index (κ2) is 7.05. The number of hydrogen-bond acceptors (Lipinski definition) is 9. The van der Waals surface area contributed by atoms with E-state index in [1.54, 1.807) is 0 Å².